The molecule has 5 aromatic rings. The van der Waals surface area contributed by atoms with Crippen LogP contribution in [-0.4, -0.2) is 20.8 Å². The number of fused-ring (bicyclic) bond motifs is 2. The molecule has 1 saturated carbocycles. The van der Waals surface area contributed by atoms with Gasteiger partial charge in [-0.05, 0) is 47.4 Å². The topological polar surface area (TPSA) is 99.6 Å². The molecule has 206 valence electrons. The van der Waals surface area contributed by atoms with E-state index < -0.39 is 4.92 Å². The molecule has 1 aromatic heterocycles. The van der Waals surface area contributed by atoms with Gasteiger partial charge in [-0.1, -0.05) is 85.5 Å². The largest absolute Gasteiger partial charge is 0.481 e. The molecule has 41 heavy (non-hydrogen) atoms. The van der Waals surface area contributed by atoms with E-state index >= 15 is 0 Å². The predicted octanol–water partition coefficient (Wildman–Crippen LogP) is 7.62. The van der Waals surface area contributed by atoms with Gasteiger partial charge in [0.2, 0.25) is 5.75 Å². The quantitative estimate of drug-likeness (QED) is 0.115. The van der Waals surface area contributed by atoms with Crippen LogP contribution < -0.4 is 10.3 Å². The van der Waals surface area contributed by atoms with Gasteiger partial charge in [-0.3, -0.25) is 14.9 Å². The Morgan fingerprint density at radius 2 is 1.73 bits per heavy atom. The molecule has 0 N–H and O–H groups in total. The number of para-hydroxylation sites is 1. The zero-order valence-electron chi connectivity index (χ0n) is 22.2. The maximum Gasteiger partial charge on any atom is 0.313 e. The lowest BCUT2D eigenvalue weighted by atomic mass is 9.88. The molecule has 1 aliphatic carbocycles. The highest BCUT2D eigenvalue weighted by atomic mass is 35.5. The Labute approximate surface area is 241 Å². The molecule has 0 spiro atoms. The Morgan fingerprint density at radius 3 is 2.54 bits per heavy atom. The molecule has 0 aliphatic heterocycles. The fourth-order valence-corrected chi connectivity index (χ4v) is 5.80. The van der Waals surface area contributed by atoms with E-state index in [4.69, 9.17) is 21.3 Å². The first kappa shape index (κ1) is 26.7. The van der Waals surface area contributed by atoms with Crippen molar-refractivity contribution in [2.45, 2.75) is 44.6 Å². The first-order valence-corrected chi connectivity index (χ1v) is 14.0. The molecule has 0 unspecified atom stereocenters. The number of nitro groups is 1. The maximum absolute atomic E-state index is 13.5. The summed E-state index contributed by atoms with van der Waals surface area (Å²) in [5, 5.41) is 19.1. The van der Waals surface area contributed by atoms with E-state index in [0.717, 1.165) is 48.4 Å². The smallest absolute Gasteiger partial charge is 0.313 e. The summed E-state index contributed by atoms with van der Waals surface area (Å²) < 4.78 is 7.26. The summed E-state index contributed by atoms with van der Waals surface area (Å²) in [5.74, 6) is 0.704. The van der Waals surface area contributed by atoms with E-state index in [2.05, 4.69) is 5.10 Å². The molecule has 9 heteroatoms. The highest BCUT2D eigenvalue weighted by Gasteiger charge is 2.23. The zero-order valence-corrected chi connectivity index (χ0v) is 23.0. The average Bonchev–Trinajstić information content (AvgIpc) is 3.00. The first-order chi connectivity index (χ1) is 20.0. The van der Waals surface area contributed by atoms with Gasteiger partial charge >= 0.3 is 5.69 Å². The van der Waals surface area contributed by atoms with Crippen LogP contribution in [0.2, 0.25) is 5.02 Å². The van der Waals surface area contributed by atoms with Crippen molar-refractivity contribution >= 4 is 45.2 Å². The third-order valence-corrected chi connectivity index (χ3v) is 7.85. The van der Waals surface area contributed by atoms with Gasteiger partial charge < -0.3 is 4.74 Å². The maximum atomic E-state index is 13.5. The molecule has 6 rings (SSSR count). The molecule has 0 atom stereocenters. The molecule has 0 saturated heterocycles. The molecule has 8 nitrogen and oxygen atoms in total. The monoisotopic (exact) mass is 566 g/mol. The molecular formula is C32H27ClN4O4. The van der Waals surface area contributed by atoms with Gasteiger partial charge in [-0.2, -0.15) is 9.78 Å². The summed E-state index contributed by atoms with van der Waals surface area (Å²) in [6, 6.07) is 23.8. The lowest BCUT2D eigenvalue weighted by Gasteiger charge is -2.22. The molecule has 4 aromatic carbocycles. The van der Waals surface area contributed by atoms with Crippen molar-refractivity contribution in [1.82, 2.24) is 9.66 Å². The van der Waals surface area contributed by atoms with Crippen molar-refractivity contribution < 1.29 is 9.66 Å². The number of nitrogens with zero attached hydrogens (tertiary/aromatic N) is 4. The van der Waals surface area contributed by atoms with Crippen LogP contribution in [0.4, 0.5) is 5.69 Å². The second kappa shape index (κ2) is 11.5. The van der Waals surface area contributed by atoms with Crippen LogP contribution in [0.15, 0.2) is 88.8 Å². The van der Waals surface area contributed by atoms with Crippen molar-refractivity contribution in [3.05, 3.63) is 121 Å². The molecular weight excluding hydrogens is 540 g/mol. The Hall–Kier alpha value is -4.56. The fourth-order valence-electron chi connectivity index (χ4n) is 5.52. The van der Waals surface area contributed by atoms with Crippen LogP contribution in [0.5, 0.6) is 5.75 Å². The van der Waals surface area contributed by atoms with Crippen LogP contribution in [0, 0.1) is 10.1 Å². The van der Waals surface area contributed by atoms with Gasteiger partial charge in [0.15, 0.2) is 0 Å². The number of hydrogen-bond acceptors (Lipinski definition) is 6. The second-order valence-electron chi connectivity index (χ2n) is 10.2. The highest BCUT2D eigenvalue weighted by Crippen LogP contribution is 2.37. The second-order valence-corrected chi connectivity index (χ2v) is 10.6. The van der Waals surface area contributed by atoms with Gasteiger partial charge in [0.25, 0.3) is 5.56 Å². The van der Waals surface area contributed by atoms with E-state index in [9.17, 15) is 14.9 Å². The van der Waals surface area contributed by atoms with E-state index in [1.807, 2.05) is 54.6 Å². The summed E-state index contributed by atoms with van der Waals surface area (Å²) in [6.07, 6.45) is 6.57. The standard InChI is InChI=1S/C32H27ClN4O4/c33-27-17-21(18-29(37(39)40)30(27)41-20-24-13-8-12-22-9-4-5-14-25(22)24)19-34-36-31(23-10-2-1-3-11-23)35-28-16-7-6-15-26(28)32(36)38/h4-9,12-19,23H,1-3,10-11,20H2. The zero-order chi connectivity index (χ0) is 28.3. The third-order valence-electron chi connectivity index (χ3n) is 7.57. The van der Waals surface area contributed by atoms with Gasteiger partial charge in [0.1, 0.15) is 12.4 Å². The van der Waals surface area contributed by atoms with E-state index in [1.165, 1.54) is 17.0 Å². The molecule has 0 amide bonds. The Balaban J connectivity index is 1.35. The van der Waals surface area contributed by atoms with Crippen molar-refractivity contribution in [2.75, 3.05) is 0 Å². The van der Waals surface area contributed by atoms with Crippen LogP contribution in [0.3, 0.4) is 0 Å². The number of halogens is 1. The fraction of sp³-hybridized carbons (Fsp3) is 0.219. The molecule has 0 bridgehead atoms. The highest BCUT2D eigenvalue weighted by molar-refractivity contribution is 6.32. The molecule has 0 radical (unpaired) electrons. The van der Waals surface area contributed by atoms with Crippen molar-refractivity contribution in [1.29, 1.82) is 0 Å². The summed E-state index contributed by atoms with van der Waals surface area (Å²) in [4.78, 5) is 29.8. The van der Waals surface area contributed by atoms with Crippen LogP contribution >= 0.6 is 11.6 Å². The Kier molecular flexibility index (Phi) is 7.48. The lowest BCUT2D eigenvalue weighted by molar-refractivity contribution is -0.385. The first-order valence-electron chi connectivity index (χ1n) is 13.6. The minimum Gasteiger partial charge on any atom is -0.481 e. The number of nitro benzene ring substituents is 1. The molecule has 1 heterocycles. The summed E-state index contributed by atoms with van der Waals surface area (Å²) in [7, 11) is 0. The van der Waals surface area contributed by atoms with Crippen molar-refractivity contribution in [3.8, 4) is 5.75 Å². The predicted molar refractivity (Wildman–Crippen MR) is 161 cm³/mol. The van der Waals surface area contributed by atoms with E-state index in [1.54, 1.807) is 18.2 Å². The van der Waals surface area contributed by atoms with Crippen LogP contribution in [0.1, 0.15) is 55.0 Å². The van der Waals surface area contributed by atoms with Gasteiger partial charge in [-0.15, -0.1) is 0 Å². The van der Waals surface area contributed by atoms with Crippen molar-refractivity contribution in [3.63, 3.8) is 0 Å². The van der Waals surface area contributed by atoms with Gasteiger partial charge in [0, 0.05) is 17.5 Å². The Bertz CT molecular complexity index is 1860. The minimum atomic E-state index is -0.529. The minimum absolute atomic E-state index is 0.0193. The SMILES string of the molecule is O=c1c2ccccc2nc(C2CCCCC2)n1N=Cc1cc(Cl)c(OCc2cccc3ccccc23)c([N+](=O)[O-])c1. The average molecular weight is 567 g/mol. The number of ether oxygens (including phenoxy) is 1. The lowest BCUT2D eigenvalue weighted by Crippen LogP contribution is -2.25. The summed E-state index contributed by atoms with van der Waals surface area (Å²) in [5.41, 5.74) is 1.33. The normalized spacial score (nSPS) is 14.2. The molecule has 1 fully saturated rings. The van der Waals surface area contributed by atoms with E-state index in [0.29, 0.717) is 22.3 Å². The van der Waals surface area contributed by atoms with E-state index in [-0.39, 0.29) is 34.5 Å². The number of rotatable bonds is 7. The van der Waals surface area contributed by atoms with Crippen LogP contribution in [-0.2, 0) is 6.61 Å². The Morgan fingerprint density at radius 1 is 1.00 bits per heavy atom. The summed E-state index contributed by atoms with van der Waals surface area (Å²) >= 11 is 6.54. The molecule has 1 aliphatic rings. The third kappa shape index (κ3) is 5.43. The number of aromatic nitrogens is 2. The number of hydrogen-bond donors (Lipinski definition) is 0. The van der Waals surface area contributed by atoms with Crippen LogP contribution in [0.25, 0.3) is 21.7 Å². The van der Waals surface area contributed by atoms with Gasteiger partial charge in [0.05, 0.1) is 27.1 Å². The number of benzene rings is 4. The van der Waals surface area contributed by atoms with Crippen molar-refractivity contribution in [2.24, 2.45) is 5.10 Å². The van der Waals surface area contributed by atoms with Gasteiger partial charge in [-0.25, -0.2) is 4.98 Å². The summed E-state index contributed by atoms with van der Waals surface area (Å²) in [6.45, 7) is 0.109.